The highest BCUT2D eigenvalue weighted by Gasteiger charge is 2.48. The molecule has 9 heteroatoms. The first-order valence-corrected chi connectivity index (χ1v) is 13.9. The number of benzene rings is 3. The minimum absolute atomic E-state index is 0.0673. The zero-order valence-electron chi connectivity index (χ0n) is 22.8. The van der Waals surface area contributed by atoms with Gasteiger partial charge in [0.2, 0.25) is 0 Å². The van der Waals surface area contributed by atoms with Crippen LogP contribution in [0.5, 0.6) is 5.75 Å². The molecule has 41 heavy (non-hydrogen) atoms. The third-order valence-electron chi connectivity index (χ3n) is 6.67. The predicted molar refractivity (Wildman–Crippen MR) is 156 cm³/mol. The van der Waals surface area contributed by atoms with Crippen LogP contribution in [0.25, 0.3) is 5.76 Å². The van der Waals surface area contributed by atoms with E-state index in [2.05, 4.69) is 4.98 Å². The minimum Gasteiger partial charge on any atom is -0.507 e. The SMILES string of the molecule is CCOC(=O)c1sc(N2C(=O)C(=O)C(=C(O)c3ccc(C)cc3)[C@@H]2c2ccc(OCc3ccccc3)cc2)nc1C. The van der Waals surface area contributed by atoms with Crippen molar-refractivity contribution in [3.05, 3.63) is 117 Å². The molecule has 1 aliphatic rings. The molecule has 0 radical (unpaired) electrons. The number of rotatable bonds is 8. The van der Waals surface area contributed by atoms with E-state index in [0.717, 1.165) is 22.5 Å². The van der Waals surface area contributed by atoms with Gasteiger partial charge in [-0.3, -0.25) is 14.5 Å². The number of nitrogens with zero attached hydrogens (tertiary/aromatic N) is 2. The minimum atomic E-state index is -0.986. The molecule has 0 spiro atoms. The summed E-state index contributed by atoms with van der Waals surface area (Å²) in [7, 11) is 0. The summed E-state index contributed by atoms with van der Waals surface area (Å²) in [5.74, 6) is -1.94. The van der Waals surface area contributed by atoms with Crippen molar-refractivity contribution in [3.63, 3.8) is 0 Å². The second kappa shape index (κ2) is 11.8. The van der Waals surface area contributed by atoms with Crippen LogP contribution in [-0.4, -0.2) is 34.4 Å². The number of esters is 1. The molecule has 0 aliphatic carbocycles. The van der Waals surface area contributed by atoms with Gasteiger partial charge < -0.3 is 14.6 Å². The van der Waals surface area contributed by atoms with E-state index in [-0.39, 0.29) is 27.9 Å². The molecule has 1 fully saturated rings. The van der Waals surface area contributed by atoms with Crippen molar-refractivity contribution < 1.29 is 29.0 Å². The summed E-state index contributed by atoms with van der Waals surface area (Å²) in [5, 5.41) is 11.5. The van der Waals surface area contributed by atoms with E-state index in [1.54, 1.807) is 50.2 Å². The second-order valence-corrected chi connectivity index (χ2v) is 10.5. The summed E-state index contributed by atoms with van der Waals surface area (Å²) in [6, 6.07) is 22.8. The second-order valence-electron chi connectivity index (χ2n) is 9.51. The van der Waals surface area contributed by atoms with Gasteiger partial charge >= 0.3 is 11.9 Å². The third-order valence-corrected chi connectivity index (χ3v) is 7.80. The van der Waals surface area contributed by atoms with Gasteiger partial charge in [-0.15, -0.1) is 0 Å². The number of ketones is 1. The summed E-state index contributed by atoms with van der Waals surface area (Å²) >= 11 is 0.968. The first kappa shape index (κ1) is 27.8. The maximum Gasteiger partial charge on any atom is 0.350 e. The number of carbonyl (C=O) groups excluding carboxylic acids is 3. The van der Waals surface area contributed by atoms with Crippen LogP contribution in [-0.2, 0) is 20.9 Å². The quantitative estimate of drug-likeness (QED) is 0.118. The van der Waals surface area contributed by atoms with Gasteiger partial charge in [0.15, 0.2) is 5.13 Å². The summed E-state index contributed by atoms with van der Waals surface area (Å²) in [6.45, 7) is 5.82. The van der Waals surface area contributed by atoms with Crippen molar-refractivity contribution >= 4 is 39.9 Å². The summed E-state index contributed by atoms with van der Waals surface area (Å²) < 4.78 is 11.1. The maximum absolute atomic E-state index is 13.5. The van der Waals surface area contributed by atoms with E-state index >= 15 is 0 Å². The first-order valence-electron chi connectivity index (χ1n) is 13.1. The monoisotopic (exact) mass is 568 g/mol. The van der Waals surface area contributed by atoms with E-state index in [0.29, 0.717) is 29.2 Å². The number of aryl methyl sites for hydroxylation is 2. The summed E-state index contributed by atoms with van der Waals surface area (Å²) in [6.07, 6.45) is 0. The van der Waals surface area contributed by atoms with Gasteiger partial charge in [-0.25, -0.2) is 9.78 Å². The highest BCUT2D eigenvalue weighted by Crippen LogP contribution is 2.44. The lowest BCUT2D eigenvalue weighted by Crippen LogP contribution is -2.29. The molecule has 0 bridgehead atoms. The molecule has 1 aromatic heterocycles. The molecule has 4 aromatic rings. The number of hydrogen-bond donors (Lipinski definition) is 1. The van der Waals surface area contributed by atoms with E-state index in [1.807, 2.05) is 49.4 Å². The van der Waals surface area contributed by atoms with E-state index < -0.39 is 23.7 Å². The van der Waals surface area contributed by atoms with E-state index in [9.17, 15) is 19.5 Å². The molecule has 3 aromatic carbocycles. The van der Waals surface area contributed by atoms with Crippen molar-refractivity contribution in [2.75, 3.05) is 11.5 Å². The number of aliphatic hydroxyl groups is 1. The Morgan fingerprint density at radius 3 is 2.32 bits per heavy atom. The van der Waals surface area contributed by atoms with Crippen LogP contribution in [0.3, 0.4) is 0 Å². The standard InChI is InChI=1S/C32H28N2O6S/c1-4-39-31(38)29-20(3)33-32(41-29)34-26(22-14-16-24(17-15-22)40-18-21-8-6-5-7-9-21)25(28(36)30(34)37)27(35)23-12-10-19(2)11-13-23/h5-17,26,35H,4,18H2,1-3H3/t26-/m0/s1. The van der Waals surface area contributed by atoms with Crippen molar-refractivity contribution in [3.8, 4) is 5.75 Å². The Labute approximate surface area is 241 Å². The number of Topliss-reactive ketones (excluding diaryl/α,β-unsaturated/α-hetero) is 1. The average molecular weight is 569 g/mol. The highest BCUT2D eigenvalue weighted by molar-refractivity contribution is 7.17. The number of hydrogen-bond acceptors (Lipinski definition) is 8. The molecule has 1 atom stereocenters. The zero-order chi connectivity index (χ0) is 29.1. The average Bonchev–Trinajstić information content (AvgIpc) is 3.49. The first-order chi connectivity index (χ1) is 19.8. The number of anilines is 1. The zero-order valence-corrected chi connectivity index (χ0v) is 23.6. The number of aliphatic hydroxyl groups excluding tert-OH is 1. The van der Waals surface area contributed by atoms with Crippen molar-refractivity contribution in [2.24, 2.45) is 0 Å². The molecule has 2 heterocycles. The van der Waals surface area contributed by atoms with Crippen LogP contribution in [0.4, 0.5) is 5.13 Å². The Balaban J connectivity index is 1.57. The molecule has 0 unspecified atom stereocenters. The molecule has 5 rings (SSSR count). The fourth-order valence-electron chi connectivity index (χ4n) is 4.57. The normalized spacial score (nSPS) is 16.2. The number of carbonyl (C=O) groups is 3. The summed E-state index contributed by atoms with van der Waals surface area (Å²) in [4.78, 5) is 45.4. The molecule has 8 nitrogen and oxygen atoms in total. The van der Waals surface area contributed by atoms with Gasteiger partial charge in [0, 0.05) is 5.56 Å². The van der Waals surface area contributed by atoms with Gasteiger partial charge in [-0.1, -0.05) is 83.6 Å². The van der Waals surface area contributed by atoms with E-state index in [1.165, 1.54) is 4.90 Å². The molecule has 1 amide bonds. The van der Waals surface area contributed by atoms with Gasteiger partial charge in [-0.05, 0) is 44.0 Å². The lowest BCUT2D eigenvalue weighted by atomic mass is 9.95. The molecular weight excluding hydrogens is 540 g/mol. The highest BCUT2D eigenvalue weighted by atomic mass is 32.1. The number of amides is 1. The van der Waals surface area contributed by atoms with Gasteiger partial charge in [0.1, 0.15) is 23.0 Å². The fourth-order valence-corrected chi connectivity index (χ4v) is 5.56. The number of thiazole rings is 1. The van der Waals surface area contributed by atoms with E-state index in [4.69, 9.17) is 9.47 Å². The number of aromatic nitrogens is 1. The largest absolute Gasteiger partial charge is 0.507 e. The van der Waals surface area contributed by atoms with Crippen molar-refractivity contribution in [1.82, 2.24) is 4.98 Å². The fraction of sp³-hybridized carbons (Fsp3) is 0.188. The molecule has 1 aliphatic heterocycles. The van der Waals surface area contributed by atoms with Crippen LogP contribution < -0.4 is 9.64 Å². The Hall–Kier alpha value is -4.76. The van der Waals surface area contributed by atoms with Crippen molar-refractivity contribution in [2.45, 2.75) is 33.4 Å². The topological polar surface area (TPSA) is 106 Å². The van der Waals surface area contributed by atoms with Crippen LogP contribution >= 0.6 is 11.3 Å². The van der Waals surface area contributed by atoms with Crippen LogP contribution in [0, 0.1) is 13.8 Å². The van der Waals surface area contributed by atoms with Gasteiger partial charge in [0.05, 0.1) is 23.9 Å². The molecular formula is C32H28N2O6S. The Morgan fingerprint density at radius 2 is 1.66 bits per heavy atom. The number of ether oxygens (including phenoxy) is 2. The lowest BCUT2D eigenvalue weighted by molar-refractivity contribution is -0.132. The molecule has 0 saturated carbocycles. The smallest absolute Gasteiger partial charge is 0.350 e. The van der Waals surface area contributed by atoms with Crippen LogP contribution in [0.2, 0.25) is 0 Å². The molecule has 208 valence electrons. The Kier molecular flexibility index (Phi) is 7.98. The van der Waals surface area contributed by atoms with Gasteiger partial charge in [0.25, 0.3) is 5.78 Å². The Morgan fingerprint density at radius 1 is 0.976 bits per heavy atom. The maximum atomic E-state index is 13.5. The third kappa shape index (κ3) is 5.62. The Bertz CT molecular complexity index is 1630. The molecule has 1 saturated heterocycles. The van der Waals surface area contributed by atoms with Crippen LogP contribution in [0.15, 0.2) is 84.4 Å². The summed E-state index contributed by atoms with van der Waals surface area (Å²) in [5.41, 5.74) is 3.28. The lowest BCUT2D eigenvalue weighted by Gasteiger charge is -2.23. The predicted octanol–water partition coefficient (Wildman–Crippen LogP) is 6.14. The van der Waals surface area contributed by atoms with Crippen LogP contribution in [0.1, 0.15) is 50.6 Å². The molecule has 1 N–H and O–H groups in total. The van der Waals surface area contributed by atoms with Crippen molar-refractivity contribution in [1.29, 1.82) is 0 Å². The van der Waals surface area contributed by atoms with Gasteiger partial charge in [-0.2, -0.15) is 0 Å².